The first kappa shape index (κ1) is 25.6. The number of nitrogens with one attached hydrogen (secondary N) is 1. The molecule has 1 amide bonds. The number of amides is 1. The number of halogens is 4. The first-order valence-corrected chi connectivity index (χ1v) is 11.8. The summed E-state index contributed by atoms with van der Waals surface area (Å²) in [7, 11) is 0. The summed E-state index contributed by atoms with van der Waals surface area (Å²) >= 11 is 0.648. The largest absolute Gasteiger partial charge is 0.488 e. The molecule has 1 atom stereocenters. The lowest BCUT2D eigenvalue weighted by Gasteiger charge is -2.18. The van der Waals surface area contributed by atoms with Crippen LogP contribution in [0.4, 0.5) is 23.2 Å². The Labute approximate surface area is 208 Å². The Morgan fingerprint density at radius 3 is 2.58 bits per heavy atom. The van der Waals surface area contributed by atoms with Gasteiger partial charge in [0.25, 0.3) is 0 Å². The molecule has 0 bridgehead atoms. The highest BCUT2D eigenvalue weighted by Gasteiger charge is 2.36. The zero-order valence-electron chi connectivity index (χ0n) is 18.8. The summed E-state index contributed by atoms with van der Waals surface area (Å²) in [5.41, 5.74) is 2.09. The topological polar surface area (TPSA) is 78.9 Å². The van der Waals surface area contributed by atoms with Crippen molar-refractivity contribution in [3.05, 3.63) is 69.9 Å². The van der Waals surface area contributed by atoms with Gasteiger partial charge >= 0.3 is 12.1 Å². The van der Waals surface area contributed by atoms with E-state index in [1.54, 1.807) is 48.5 Å². The summed E-state index contributed by atoms with van der Waals surface area (Å²) in [5.74, 6) is -1.46. The van der Waals surface area contributed by atoms with Gasteiger partial charge in [0.1, 0.15) is 17.2 Å². The van der Waals surface area contributed by atoms with Crippen LogP contribution in [0.3, 0.4) is 0 Å². The molecule has 0 aliphatic carbocycles. The second kappa shape index (κ2) is 10.7. The van der Waals surface area contributed by atoms with Crippen molar-refractivity contribution in [1.29, 1.82) is 0 Å². The normalized spacial score (nSPS) is 13.9. The predicted octanol–water partition coefficient (Wildman–Crippen LogP) is 4.91. The molecule has 0 saturated carbocycles. The van der Waals surface area contributed by atoms with Crippen LogP contribution in [-0.2, 0) is 28.8 Å². The van der Waals surface area contributed by atoms with Crippen molar-refractivity contribution < 1.29 is 37.0 Å². The zero-order valence-corrected chi connectivity index (χ0v) is 19.7. The number of anilines is 1. The van der Waals surface area contributed by atoms with Crippen molar-refractivity contribution in [2.24, 2.45) is 0 Å². The minimum Gasteiger partial charge on any atom is -0.488 e. The SMILES string of the molecule is O=C(O)C(F)CNCC(=O)N1CCc2cc(OCc3cc(-c4ccccc4)c(C(F)(F)F)s3)ccc21. The summed E-state index contributed by atoms with van der Waals surface area (Å²) in [6.07, 6.45) is -6.03. The Bertz CT molecular complexity index is 1250. The van der Waals surface area contributed by atoms with E-state index in [1.165, 1.54) is 11.0 Å². The van der Waals surface area contributed by atoms with Gasteiger partial charge < -0.3 is 20.1 Å². The number of fused-ring (bicyclic) bond motifs is 1. The van der Waals surface area contributed by atoms with Crippen molar-refractivity contribution >= 4 is 28.9 Å². The first-order valence-electron chi connectivity index (χ1n) is 11.0. The van der Waals surface area contributed by atoms with Gasteiger partial charge in [0.2, 0.25) is 12.1 Å². The number of hydrogen-bond donors (Lipinski definition) is 2. The highest BCUT2D eigenvalue weighted by atomic mass is 32.1. The van der Waals surface area contributed by atoms with Gasteiger partial charge in [0.15, 0.2) is 0 Å². The smallest absolute Gasteiger partial charge is 0.426 e. The molecular formula is C25H22F4N2O4S. The third-order valence-corrected chi connectivity index (χ3v) is 6.78. The molecule has 0 radical (unpaired) electrons. The Kier molecular flexibility index (Phi) is 7.60. The zero-order chi connectivity index (χ0) is 25.9. The summed E-state index contributed by atoms with van der Waals surface area (Å²) < 4.78 is 59.7. The van der Waals surface area contributed by atoms with E-state index in [-0.39, 0.29) is 24.6 Å². The number of thiophene rings is 1. The molecule has 0 spiro atoms. The molecule has 190 valence electrons. The number of carbonyl (C=O) groups excluding carboxylic acids is 1. The molecule has 3 aromatic rings. The van der Waals surface area contributed by atoms with Gasteiger partial charge in [0.05, 0.1) is 6.54 Å². The number of benzene rings is 2. The van der Waals surface area contributed by atoms with E-state index in [0.717, 1.165) is 5.56 Å². The van der Waals surface area contributed by atoms with Gasteiger partial charge in [-0.1, -0.05) is 30.3 Å². The van der Waals surface area contributed by atoms with E-state index >= 15 is 0 Å². The van der Waals surface area contributed by atoms with Crippen molar-refractivity contribution in [2.45, 2.75) is 25.4 Å². The van der Waals surface area contributed by atoms with E-state index in [1.807, 2.05) is 0 Å². The van der Waals surface area contributed by atoms with Crippen LogP contribution in [0.1, 0.15) is 15.3 Å². The van der Waals surface area contributed by atoms with Crippen molar-refractivity contribution in [1.82, 2.24) is 5.32 Å². The second-order valence-electron chi connectivity index (χ2n) is 8.13. The van der Waals surface area contributed by atoms with Crippen LogP contribution in [0.15, 0.2) is 54.6 Å². The molecule has 6 nitrogen and oxygen atoms in total. The Hall–Kier alpha value is -3.44. The number of aliphatic carboxylic acids is 1. The molecule has 1 aliphatic heterocycles. The lowest BCUT2D eigenvalue weighted by atomic mass is 10.1. The molecule has 2 heterocycles. The maximum absolute atomic E-state index is 13.6. The van der Waals surface area contributed by atoms with Crippen LogP contribution >= 0.6 is 11.3 Å². The third kappa shape index (κ3) is 5.85. The standard InChI is InChI=1S/C25H22F4N2O4S/c26-20(24(33)34)12-30-13-22(32)31-9-8-16-10-17(6-7-21(16)31)35-14-18-11-19(15-4-2-1-3-5-15)23(36-18)25(27,28)29/h1-7,10-11,20,30H,8-9,12-14H2,(H,33,34). The molecule has 36 heavy (non-hydrogen) atoms. The molecule has 4 rings (SSSR count). The van der Waals surface area contributed by atoms with Gasteiger partial charge in [-0.3, -0.25) is 4.79 Å². The monoisotopic (exact) mass is 522 g/mol. The van der Waals surface area contributed by atoms with Gasteiger partial charge in [-0.05, 0) is 41.8 Å². The van der Waals surface area contributed by atoms with Crippen LogP contribution in [0.5, 0.6) is 5.75 Å². The van der Waals surface area contributed by atoms with Gasteiger partial charge in [0, 0.05) is 29.2 Å². The molecular weight excluding hydrogens is 500 g/mol. The Morgan fingerprint density at radius 2 is 1.89 bits per heavy atom. The average molecular weight is 523 g/mol. The van der Waals surface area contributed by atoms with Gasteiger partial charge in [-0.25, -0.2) is 9.18 Å². The third-order valence-electron chi connectivity index (χ3n) is 5.62. The van der Waals surface area contributed by atoms with Crippen molar-refractivity contribution in [3.8, 4) is 16.9 Å². The summed E-state index contributed by atoms with van der Waals surface area (Å²) in [6, 6.07) is 14.9. The Balaban J connectivity index is 1.41. The minimum atomic E-state index is -4.48. The van der Waals surface area contributed by atoms with Gasteiger partial charge in [-0.2, -0.15) is 13.2 Å². The maximum Gasteiger partial charge on any atom is 0.426 e. The predicted molar refractivity (Wildman–Crippen MR) is 127 cm³/mol. The van der Waals surface area contributed by atoms with Crippen LogP contribution in [0, 0.1) is 0 Å². The lowest BCUT2D eigenvalue weighted by molar-refractivity contribution is -0.142. The van der Waals surface area contributed by atoms with E-state index in [0.29, 0.717) is 46.2 Å². The van der Waals surface area contributed by atoms with Gasteiger partial charge in [-0.15, -0.1) is 11.3 Å². The lowest BCUT2D eigenvalue weighted by Crippen LogP contribution is -2.40. The second-order valence-corrected chi connectivity index (χ2v) is 9.27. The number of nitrogens with zero attached hydrogens (tertiary/aromatic N) is 1. The quantitative estimate of drug-likeness (QED) is 0.391. The number of rotatable bonds is 9. The molecule has 11 heteroatoms. The van der Waals surface area contributed by atoms with E-state index < -0.39 is 29.7 Å². The fourth-order valence-corrected chi connectivity index (χ4v) is 4.89. The summed E-state index contributed by atoms with van der Waals surface area (Å²) in [4.78, 5) is 24.3. The fourth-order valence-electron chi connectivity index (χ4n) is 3.93. The maximum atomic E-state index is 13.6. The number of carbonyl (C=O) groups is 2. The molecule has 0 saturated heterocycles. The molecule has 0 fully saturated rings. The van der Waals surface area contributed by atoms with Crippen LogP contribution in [-0.4, -0.2) is 42.8 Å². The number of carboxylic acids is 1. The summed E-state index contributed by atoms with van der Waals surface area (Å²) in [5, 5.41) is 11.1. The van der Waals surface area contributed by atoms with Crippen LogP contribution < -0.4 is 15.0 Å². The average Bonchev–Trinajstić information content (AvgIpc) is 3.47. The van der Waals surface area contributed by atoms with Crippen LogP contribution in [0.2, 0.25) is 0 Å². The molecule has 2 aromatic carbocycles. The van der Waals surface area contributed by atoms with E-state index in [2.05, 4.69) is 5.32 Å². The fraction of sp³-hybridized carbons (Fsp3) is 0.280. The van der Waals surface area contributed by atoms with Crippen molar-refractivity contribution in [2.75, 3.05) is 24.5 Å². The molecule has 2 N–H and O–H groups in total. The van der Waals surface area contributed by atoms with Crippen molar-refractivity contribution in [3.63, 3.8) is 0 Å². The van der Waals surface area contributed by atoms with Crippen LogP contribution in [0.25, 0.3) is 11.1 Å². The first-order chi connectivity index (χ1) is 17.1. The number of alkyl halides is 4. The Morgan fingerprint density at radius 1 is 1.14 bits per heavy atom. The number of carboxylic acid groups (broad SMARTS) is 1. The highest BCUT2D eigenvalue weighted by molar-refractivity contribution is 7.12. The number of ether oxygens (including phenoxy) is 1. The van der Waals surface area contributed by atoms with E-state index in [4.69, 9.17) is 9.84 Å². The van der Waals surface area contributed by atoms with E-state index in [9.17, 15) is 27.2 Å². The highest BCUT2D eigenvalue weighted by Crippen LogP contribution is 2.43. The minimum absolute atomic E-state index is 0.0418. The molecule has 1 aliphatic rings. The molecule has 1 aromatic heterocycles. The number of hydrogen-bond acceptors (Lipinski definition) is 5. The summed E-state index contributed by atoms with van der Waals surface area (Å²) in [6.45, 7) is -0.328. The molecule has 1 unspecified atom stereocenters.